The minimum absolute atomic E-state index is 0.00286. The van der Waals surface area contributed by atoms with Crippen LogP contribution >= 0.6 is 23.2 Å². The number of amides is 4. The van der Waals surface area contributed by atoms with E-state index in [1.54, 1.807) is 0 Å². The molecule has 0 fully saturated rings. The Hall–Kier alpha value is -1.84. The molecule has 0 saturated heterocycles. The SMILES string of the molecule is CC(Cl)(CCl)N(C(=O)O)C(=O)N1C(=O)c2ccccc2S1(=O)=O. The zero-order valence-electron chi connectivity index (χ0n) is 11.6. The van der Waals surface area contributed by atoms with Gasteiger partial charge in [0.05, 0.1) is 11.4 Å². The average Bonchev–Trinajstić information content (AvgIpc) is 2.66. The molecule has 1 aliphatic heterocycles. The third-order valence-electron chi connectivity index (χ3n) is 3.09. The molecule has 1 aromatic carbocycles. The molecule has 0 radical (unpaired) electrons. The van der Waals surface area contributed by atoms with Gasteiger partial charge in [0.15, 0.2) is 0 Å². The van der Waals surface area contributed by atoms with Crippen molar-refractivity contribution in [2.45, 2.75) is 16.8 Å². The second-order valence-corrected chi connectivity index (χ2v) is 7.58. The molecule has 0 bridgehead atoms. The van der Waals surface area contributed by atoms with E-state index in [2.05, 4.69) is 0 Å². The van der Waals surface area contributed by atoms with Crippen LogP contribution in [0, 0.1) is 0 Å². The van der Waals surface area contributed by atoms with Gasteiger partial charge in [0.25, 0.3) is 15.9 Å². The Balaban J connectivity index is 2.57. The Bertz CT molecular complexity index is 808. The van der Waals surface area contributed by atoms with Gasteiger partial charge in [-0.1, -0.05) is 23.7 Å². The topological polar surface area (TPSA) is 112 Å². The fraction of sp³-hybridized carbons (Fsp3) is 0.250. The number of carbonyl (C=O) groups is 3. The maximum Gasteiger partial charge on any atom is 0.417 e. The van der Waals surface area contributed by atoms with Crippen LogP contribution in [0.3, 0.4) is 0 Å². The predicted octanol–water partition coefficient (Wildman–Crippen LogP) is 2.12. The average molecular weight is 381 g/mol. The molecule has 1 unspecified atom stereocenters. The third kappa shape index (κ3) is 2.64. The number of carbonyl (C=O) groups excluding carboxylic acids is 2. The van der Waals surface area contributed by atoms with Crippen LogP contribution in [0.25, 0.3) is 0 Å². The standard InChI is InChI=1S/C12H10Cl2N2O6S/c1-12(14,6-13)15(11(19)20)10(18)16-9(17)7-4-2-3-5-8(7)23(16,21)22/h2-5H,6H2,1H3,(H,19,20). The van der Waals surface area contributed by atoms with Crippen molar-refractivity contribution in [3.05, 3.63) is 29.8 Å². The molecular weight excluding hydrogens is 371 g/mol. The lowest BCUT2D eigenvalue weighted by atomic mass is 10.2. The Kier molecular flexibility index (Phi) is 4.31. The largest absolute Gasteiger partial charge is 0.465 e. The quantitative estimate of drug-likeness (QED) is 0.620. The van der Waals surface area contributed by atoms with Gasteiger partial charge >= 0.3 is 12.1 Å². The van der Waals surface area contributed by atoms with Crippen LogP contribution in [0.1, 0.15) is 17.3 Å². The van der Waals surface area contributed by atoms with Crippen molar-refractivity contribution in [2.24, 2.45) is 0 Å². The molecule has 124 valence electrons. The lowest BCUT2D eigenvalue weighted by Gasteiger charge is -2.32. The van der Waals surface area contributed by atoms with E-state index in [9.17, 15) is 27.9 Å². The summed E-state index contributed by atoms with van der Waals surface area (Å²) < 4.78 is 24.6. The number of imide groups is 2. The lowest BCUT2D eigenvalue weighted by Crippen LogP contribution is -2.56. The van der Waals surface area contributed by atoms with Crippen molar-refractivity contribution < 1.29 is 27.9 Å². The second-order valence-electron chi connectivity index (χ2n) is 4.75. The molecule has 0 aromatic heterocycles. The molecule has 8 nitrogen and oxygen atoms in total. The molecule has 1 aliphatic rings. The molecule has 0 spiro atoms. The van der Waals surface area contributed by atoms with Crippen LogP contribution < -0.4 is 0 Å². The van der Waals surface area contributed by atoms with Crippen molar-refractivity contribution in [1.29, 1.82) is 0 Å². The van der Waals surface area contributed by atoms with Gasteiger partial charge in [-0.25, -0.2) is 22.9 Å². The molecule has 0 aliphatic carbocycles. The number of carboxylic acid groups (broad SMARTS) is 1. The van der Waals surface area contributed by atoms with E-state index in [0.29, 0.717) is 0 Å². The van der Waals surface area contributed by atoms with Crippen LogP contribution in [0.5, 0.6) is 0 Å². The monoisotopic (exact) mass is 380 g/mol. The number of urea groups is 1. The fourth-order valence-corrected chi connectivity index (χ4v) is 3.75. The van der Waals surface area contributed by atoms with Crippen LogP contribution in [-0.2, 0) is 10.0 Å². The molecule has 0 saturated carbocycles. The van der Waals surface area contributed by atoms with Gasteiger partial charge in [-0.05, 0) is 19.1 Å². The summed E-state index contributed by atoms with van der Waals surface area (Å²) in [6.45, 7) is 1.11. The summed E-state index contributed by atoms with van der Waals surface area (Å²) in [5.74, 6) is -1.67. The highest BCUT2D eigenvalue weighted by atomic mass is 35.5. The summed E-state index contributed by atoms with van der Waals surface area (Å²) in [6.07, 6.45) is -1.84. The van der Waals surface area contributed by atoms with Gasteiger partial charge in [0, 0.05) is 0 Å². The number of nitrogens with zero attached hydrogens (tertiary/aromatic N) is 2. The van der Waals surface area contributed by atoms with Gasteiger partial charge in [0.2, 0.25) is 0 Å². The maximum atomic E-state index is 12.4. The van der Waals surface area contributed by atoms with E-state index >= 15 is 0 Å². The normalized spacial score (nSPS) is 18.2. The Labute approximate surface area is 141 Å². The zero-order valence-corrected chi connectivity index (χ0v) is 13.9. The number of sulfonamides is 1. The van der Waals surface area contributed by atoms with Crippen molar-refractivity contribution in [3.8, 4) is 0 Å². The minimum Gasteiger partial charge on any atom is -0.465 e. The highest BCUT2D eigenvalue weighted by Crippen LogP contribution is 2.33. The van der Waals surface area contributed by atoms with E-state index in [0.717, 1.165) is 13.0 Å². The Morgan fingerprint density at radius 3 is 2.39 bits per heavy atom. The highest BCUT2D eigenvalue weighted by molar-refractivity contribution is 7.90. The first kappa shape index (κ1) is 17.5. The van der Waals surface area contributed by atoms with E-state index in [-0.39, 0.29) is 19.7 Å². The molecule has 1 N–H and O–H groups in total. The number of hydrogen-bond donors (Lipinski definition) is 1. The number of alkyl halides is 2. The Morgan fingerprint density at radius 2 is 1.91 bits per heavy atom. The first-order valence-electron chi connectivity index (χ1n) is 6.06. The van der Waals surface area contributed by atoms with E-state index in [1.807, 2.05) is 0 Å². The van der Waals surface area contributed by atoms with Crippen LogP contribution in [0.2, 0.25) is 0 Å². The smallest absolute Gasteiger partial charge is 0.417 e. The van der Waals surface area contributed by atoms with Crippen molar-refractivity contribution in [1.82, 2.24) is 9.21 Å². The second kappa shape index (κ2) is 5.66. The first-order valence-corrected chi connectivity index (χ1v) is 8.41. The molecule has 1 aromatic rings. The summed E-state index contributed by atoms with van der Waals surface area (Å²) in [4.78, 5) is 33.6. The van der Waals surface area contributed by atoms with E-state index < -0.39 is 38.9 Å². The summed E-state index contributed by atoms with van der Waals surface area (Å²) in [6, 6.07) is 3.53. The van der Waals surface area contributed by atoms with Gasteiger partial charge in [-0.15, -0.1) is 15.9 Å². The van der Waals surface area contributed by atoms with Crippen LogP contribution in [0.4, 0.5) is 9.59 Å². The minimum atomic E-state index is -4.51. The number of benzene rings is 1. The summed E-state index contributed by atoms with van der Waals surface area (Å²) in [5.41, 5.74) is -0.228. The number of hydrogen-bond acceptors (Lipinski definition) is 5. The van der Waals surface area contributed by atoms with Gasteiger partial charge in [-0.3, -0.25) is 4.79 Å². The van der Waals surface area contributed by atoms with E-state index in [4.69, 9.17) is 23.2 Å². The molecule has 2 rings (SSSR count). The van der Waals surface area contributed by atoms with Crippen LogP contribution in [0.15, 0.2) is 29.2 Å². The molecule has 1 atom stereocenters. The molecule has 23 heavy (non-hydrogen) atoms. The van der Waals surface area contributed by atoms with Gasteiger partial charge < -0.3 is 5.11 Å². The number of fused-ring (bicyclic) bond motifs is 1. The predicted molar refractivity (Wildman–Crippen MR) is 80.0 cm³/mol. The molecule has 11 heteroatoms. The lowest BCUT2D eigenvalue weighted by molar-refractivity contribution is 0.0847. The Morgan fingerprint density at radius 1 is 1.35 bits per heavy atom. The zero-order chi connectivity index (χ0) is 17.6. The molecule has 4 amide bonds. The summed E-state index contributed by atoms with van der Waals surface area (Å²) in [5, 5.41) is 9.17. The summed E-state index contributed by atoms with van der Waals surface area (Å²) in [7, 11) is -4.51. The number of rotatable bonds is 2. The van der Waals surface area contributed by atoms with Crippen molar-refractivity contribution in [2.75, 3.05) is 5.88 Å². The fourth-order valence-electron chi connectivity index (χ4n) is 2.01. The van der Waals surface area contributed by atoms with Gasteiger partial charge in [-0.2, -0.15) is 0 Å². The van der Waals surface area contributed by atoms with Gasteiger partial charge in [0.1, 0.15) is 9.89 Å². The van der Waals surface area contributed by atoms with Crippen molar-refractivity contribution >= 4 is 51.3 Å². The van der Waals surface area contributed by atoms with E-state index in [1.165, 1.54) is 18.2 Å². The molecule has 1 heterocycles. The first-order chi connectivity index (χ1) is 10.6. The van der Waals surface area contributed by atoms with Crippen molar-refractivity contribution in [3.63, 3.8) is 0 Å². The van der Waals surface area contributed by atoms with Crippen LogP contribution in [-0.4, -0.2) is 51.6 Å². The maximum absolute atomic E-state index is 12.4. The highest BCUT2D eigenvalue weighted by Gasteiger charge is 2.51. The third-order valence-corrected chi connectivity index (χ3v) is 5.76. The number of halogens is 2. The summed E-state index contributed by atoms with van der Waals surface area (Å²) >= 11 is 11.4. The molecular formula is C12H10Cl2N2O6S.